The van der Waals surface area contributed by atoms with Crippen LogP contribution in [-0.4, -0.2) is 39.7 Å². The van der Waals surface area contributed by atoms with Crippen LogP contribution in [0, 0.1) is 16.7 Å². The first-order valence-corrected chi connectivity index (χ1v) is 13.9. The molecule has 5 atom stereocenters. The number of carbonyl (C=O) groups excluding carboxylic acids is 2. The smallest absolute Gasteiger partial charge is 0.293 e. The molecule has 10 heteroatoms. The van der Waals surface area contributed by atoms with Crippen molar-refractivity contribution in [3.05, 3.63) is 57.1 Å². The Labute approximate surface area is 217 Å². The summed E-state index contributed by atoms with van der Waals surface area (Å²) < 4.78 is 5.20. The van der Waals surface area contributed by atoms with Gasteiger partial charge in [-0.3, -0.25) is 14.9 Å². The Hall–Kier alpha value is -2.53. The average molecular weight is 530 g/mol. The molecule has 5 unspecified atom stereocenters. The molecule has 0 saturated heterocycles. The summed E-state index contributed by atoms with van der Waals surface area (Å²) in [7, 11) is 0. The third kappa shape index (κ3) is 4.40. The molecule has 4 N–H and O–H groups in total. The first-order chi connectivity index (χ1) is 17.2. The highest BCUT2D eigenvalue weighted by molar-refractivity contribution is 7.16. The maximum absolute atomic E-state index is 13.2. The minimum Gasteiger partial charge on any atom is -0.459 e. The number of thiazole rings is 1. The van der Waals surface area contributed by atoms with E-state index in [1.54, 1.807) is 23.5 Å². The van der Waals surface area contributed by atoms with E-state index in [2.05, 4.69) is 17.6 Å². The van der Waals surface area contributed by atoms with E-state index < -0.39 is 11.5 Å². The van der Waals surface area contributed by atoms with Crippen molar-refractivity contribution in [1.29, 1.82) is 0 Å². The Morgan fingerprint density at radius 1 is 1.28 bits per heavy atom. The number of fused-ring (bicyclic) bond motifs is 2. The van der Waals surface area contributed by atoms with Crippen LogP contribution in [0.1, 0.15) is 65.0 Å². The van der Waals surface area contributed by atoms with Gasteiger partial charge in [-0.25, -0.2) is 4.98 Å². The van der Waals surface area contributed by atoms with Crippen molar-refractivity contribution in [2.24, 2.45) is 16.7 Å². The van der Waals surface area contributed by atoms with Crippen LogP contribution < -0.4 is 10.6 Å². The van der Waals surface area contributed by atoms with E-state index in [1.165, 1.54) is 17.6 Å². The van der Waals surface area contributed by atoms with E-state index in [4.69, 9.17) is 9.40 Å². The zero-order valence-electron chi connectivity index (χ0n) is 20.3. The number of aromatic nitrogens is 1. The quantitative estimate of drug-likeness (QED) is 0.364. The van der Waals surface area contributed by atoms with E-state index in [-0.39, 0.29) is 47.9 Å². The van der Waals surface area contributed by atoms with Crippen molar-refractivity contribution in [2.45, 2.75) is 58.1 Å². The number of hydrogen-bond donors (Lipinski definition) is 4. The van der Waals surface area contributed by atoms with Crippen molar-refractivity contribution in [2.75, 3.05) is 11.9 Å². The van der Waals surface area contributed by atoms with Gasteiger partial charge in [-0.1, -0.05) is 19.9 Å². The lowest BCUT2D eigenvalue weighted by Crippen LogP contribution is -2.57. The molecule has 2 aliphatic rings. The summed E-state index contributed by atoms with van der Waals surface area (Å²) in [5.74, 6) is -0.499. The molecule has 5 rings (SSSR count). The fourth-order valence-corrected chi connectivity index (χ4v) is 7.83. The van der Waals surface area contributed by atoms with Crippen LogP contribution >= 0.6 is 22.7 Å². The highest BCUT2D eigenvalue weighted by atomic mass is 32.1. The molecule has 0 spiro atoms. The van der Waals surface area contributed by atoms with E-state index in [1.807, 2.05) is 24.4 Å². The fraction of sp³-hybridized carbons (Fsp3) is 0.500. The number of nitrogens with one attached hydrogen (secondary N) is 2. The van der Waals surface area contributed by atoms with E-state index in [9.17, 15) is 19.8 Å². The van der Waals surface area contributed by atoms with Gasteiger partial charge in [-0.05, 0) is 54.2 Å². The summed E-state index contributed by atoms with van der Waals surface area (Å²) >= 11 is 2.99. The Balaban J connectivity index is 1.46. The van der Waals surface area contributed by atoms with Gasteiger partial charge in [0.05, 0.1) is 31.2 Å². The minimum absolute atomic E-state index is 0.0459. The average Bonchev–Trinajstić information content (AvgIpc) is 3.63. The molecule has 192 valence electrons. The van der Waals surface area contributed by atoms with Crippen LogP contribution in [-0.2, 0) is 17.8 Å². The van der Waals surface area contributed by atoms with Crippen LogP contribution in [0.4, 0.5) is 5.13 Å². The Bertz CT molecular complexity index is 1220. The highest BCUT2D eigenvalue weighted by Gasteiger charge is 2.59. The molecular formula is C26H31N3O5S2. The van der Waals surface area contributed by atoms with Crippen molar-refractivity contribution in [1.82, 2.24) is 10.3 Å². The standard InChI is InChI=1S/C26H31N3O5S2/c1-25-8-7-20(31)26(2,14-30)19(25)12-18-22(16(25)11-21(32)27-13-15-5-4-10-35-15)28-24(36-18)29-23(33)17-6-3-9-34-17/h3-6,9-10,16,19-20,30-31H,7-8,11-14H2,1-2H3,(H,27,32)(H,28,29,33). The lowest BCUT2D eigenvalue weighted by atomic mass is 9.47. The lowest BCUT2D eigenvalue weighted by Gasteiger charge is -2.58. The van der Waals surface area contributed by atoms with E-state index >= 15 is 0 Å². The molecule has 3 heterocycles. The molecule has 36 heavy (non-hydrogen) atoms. The molecule has 0 aromatic carbocycles. The SMILES string of the molecule is CC1(CO)C(O)CCC2(C)C(CC(=O)NCc3cccs3)c3nc(NC(=O)c4ccco4)sc3CC12. The monoisotopic (exact) mass is 529 g/mol. The summed E-state index contributed by atoms with van der Waals surface area (Å²) in [6.07, 6.45) is 2.97. The number of amides is 2. The summed E-state index contributed by atoms with van der Waals surface area (Å²) in [4.78, 5) is 32.6. The largest absolute Gasteiger partial charge is 0.459 e. The fourth-order valence-electron chi connectivity index (χ4n) is 6.12. The predicted molar refractivity (Wildman–Crippen MR) is 138 cm³/mol. The Morgan fingerprint density at radius 3 is 2.81 bits per heavy atom. The van der Waals surface area contributed by atoms with Gasteiger partial charge in [0.25, 0.3) is 5.91 Å². The summed E-state index contributed by atoms with van der Waals surface area (Å²) in [5.41, 5.74) is -0.213. The van der Waals surface area contributed by atoms with Crippen LogP contribution in [0.3, 0.4) is 0 Å². The normalized spacial score (nSPS) is 29.3. The second kappa shape index (κ2) is 9.74. The molecular weight excluding hydrogens is 498 g/mol. The highest BCUT2D eigenvalue weighted by Crippen LogP contribution is 2.62. The predicted octanol–water partition coefficient (Wildman–Crippen LogP) is 4.17. The van der Waals surface area contributed by atoms with Crippen LogP contribution in [0.25, 0.3) is 0 Å². The number of anilines is 1. The zero-order valence-corrected chi connectivity index (χ0v) is 22.0. The van der Waals surface area contributed by atoms with Gasteiger partial charge in [0.15, 0.2) is 10.9 Å². The Kier molecular flexibility index (Phi) is 6.80. The maximum atomic E-state index is 13.2. The van der Waals surface area contributed by atoms with Gasteiger partial charge in [-0.15, -0.1) is 22.7 Å². The minimum atomic E-state index is -0.696. The van der Waals surface area contributed by atoms with Gasteiger partial charge in [0, 0.05) is 27.5 Å². The number of hydrogen-bond acceptors (Lipinski definition) is 8. The molecule has 1 saturated carbocycles. The molecule has 0 aliphatic heterocycles. The molecule has 8 nitrogen and oxygen atoms in total. The van der Waals surface area contributed by atoms with Gasteiger partial charge in [0.2, 0.25) is 5.91 Å². The second-order valence-corrected chi connectivity index (χ2v) is 12.5. The first-order valence-electron chi connectivity index (χ1n) is 12.2. The van der Waals surface area contributed by atoms with Crippen LogP contribution in [0.15, 0.2) is 40.3 Å². The summed E-state index contributed by atoms with van der Waals surface area (Å²) in [5, 5.41) is 29.6. The lowest BCUT2D eigenvalue weighted by molar-refractivity contribution is -0.144. The van der Waals surface area contributed by atoms with Gasteiger partial charge in [0.1, 0.15) is 0 Å². The van der Waals surface area contributed by atoms with Crippen molar-refractivity contribution in [3.63, 3.8) is 0 Å². The molecule has 0 bridgehead atoms. The number of rotatable bonds is 7. The molecule has 2 amide bonds. The molecule has 1 fully saturated rings. The van der Waals surface area contributed by atoms with Crippen molar-refractivity contribution >= 4 is 39.6 Å². The van der Waals surface area contributed by atoms with E-state index in [0.717, 1.165) is 21.9 Å². The molecule has 3 aromatic rings. The number of nitrogens with zero attached hydrogens (tertiary/aromatic N) is 1. The first kappa shape index (κ1) is 25.1. The number of aliphatic hydroxyl groups is 2. The number of carbonyl (C=O) groups is 2. The van der Waals surface area contributed by atoms with Gasteiger partial charge in [-0.2, -0.15) is 0 Å². The topological polar surface area (TPSA) is 125 Å². The molecule has 2 aliphatic carbocycles. The summed E-state index contributed by atoms with van der Waals surface area (Å²) in [6, 6.07) is 7.19. The summed E-state index contributed by atoms with van der Waals surface area (Å²) in [6.45, 7) is 4.45. The van der Waals surface area contributed by atoms with Gasteiger partial charge < -0.3 is 19.9 Å². The molecule has 3 aromatic heterocycles. The van der Waals surface area contributed by atoms with E-state index in [0.29, 0.717) is 24.5 Å². The maximum Gasteiger partial charge on any atom is 0.293 e. The second-order valence-electron chi connectivity index (χ2n) is 10.4. The third-order valence-corrected chi connectivity index (χ3v) is 10.2. The molecule has 0 radical (unpaired) electrons. The Morgan fingerprint density at radius 2 is 2.11 bits per heavy atom. The van der Waals surface area contributed by atoms with Gasteiger partial charge >= 0.3 is 0 Å². The van der Waals surface area contributed by atoms with Crippen molar-refractivity contribution < 1.29 is 24.2 Å². The number of thiophene rings is 1. The van der Waals surface area contributed by atoms with Crippen LogP contribution in [0.2, 0.25) is 0 Å². The van der Waals surface area contributed by atoms with Crippen LogP contribution in [0.5, 0.6) is 0 Å². The third-order valence-electron chi connectivity index (χ3n) is 8.29. The number of furan rings is 1. The zero-order chi connectivity index (χ0) is 25.5. The number of aliphatic hydroxyl groups excluding tert-OH is 2. The van der Waals surface area contributed by atoms with Crippen molar-refractivity contribution in [3.8, 4) is 0 Å².